The van der Waals surface area contributed by atoms with Crippen molar-refractivity contribution in [2.45, 2.75) is 0 Å². The van der Waals surface area contributed by atoms with E-state index >= 15 is 0 Å². The zero-order valence-corrected chi connectivity index (χ0v) is 13.6. The molecule has 0 aliphatic carbocycles. The fourth-order valence-electron chi connectivity index (χ4n) is 2.47. The number of hydrogen-bond donors (Lipinski definition) is 3. The molecule has 1 amide bonds. The minimum Gasteiger partial charge on any atom is -0.505 e. The molecule has 0 radical (unpaired) electrons. The molecule has 2 aromatic carbocycles. The average Bonchev–Trinajstić information content (AvgIpc) is 2.63. The predicted molar refractivity (Wildman–Crippen MR) is 93.8 cm³/mol. The number of carboxylic acid groups (broad SMARTS) is 1. The van der Waals surface area contributed by atoms with Crippen LogP contribution in [0.1, 0.15) is 10.5 Å². The van der Waals surface area contributed by atoms with Crippen LogP contribution in [-0.2, 0) is 4.79 Å². The van der Waals surface area contributed by atoms with Crippen LogP contribution in [0, 0.1) is 0 Å². The number of carbonyl (C=O) groups excluding carboxylic acids is 1. The lowest BCUT2D eigenvalue weighted by molar-refractivity contribution is -0.135. The van der Waals surface area contributed by atoms with E-state index in [0.29, 0.717) is 10.8 Å². The Bertz CT molecular complexity index is 974. The summed E-state index contributed by atoms with van der Waals surface area (Å²) >= 11 is 6.12. The maximum Gasteiger partial charge on any atom is 0.322 e. The Kier molecular flexibility index (Phi) is 4.54. The molecule has 6 nitrogen and oxygen atoms in total. The van der Waals surface area contributed by atoms with E-state index in [9.17, 15) is 14.7 Å². The van der Waals surface area contributed by atoms with E-state index in [2.05, 4.69) is 10.3 Å². The van der Waals surface area contributed by atoms with Crippen LogP contribution in [0.4, 0.5) is 0 Å². The summed E-state index contributed by atoms with van der Waals surface area (Å²) < 4.78 is 0. The summed E-state index contributed by atoms with van der Waals surface area (Å²) in [5.41, 5.74) is 1.46. The van der Waals surface area contributed by atoms with Crippen molar-refractivity contribution >= 4 is 34.2 Å². The van der Waals surface area contributed by atoms with Crippen molar-refractivity contribution < 1.29 is 19.8 Å². The van der Waals surface area contributed by atoms with Gasteiger partial charge in [0, 0.05) is 10.8 Å². The average molecular weight is 357 g/mol. The number of amides is 1. The van der Waals surface area contributed by atoms with Gasteiger partial charge in [-0.2, -0.15) is 0 Å². The normalized spacial score (nSPS) is 10.6. The molecule has 3 aromatic rings. The SMILES string of the molecule is O=C(O)CNC(=O)c1nc(Cl)c2ccc(-c3ccccc3)cc2c1O. The van der Waals surface area contributed by atoms with Crippen LogP contribution in [0.15, 0.2) is 48.5 Å². The highest BCUT2D eigenvalue weighted by molar-refractivity contribution is 6.35. The fraction of sp³-hybridized carbons (Fsp3) is 0.0556. The van der Waals surface area contributed by atoms with Crippen LogP contribution in [-0.4, -0.2) is 33.6 Å². The first-order chi connectivity index (χ1) is 12.0. The third kappa shape index (κ3) is 3.39. The van der Waals surface area contributed by atoms with Crippen molar-refractivity contribution in [2.24, 2.45) is 0 Å². The number of carbonyl (C=O) groups is 2. The summed E-state index contributed by atoms with van der Waals surface area (Å²) in [6.45, 7) is -0.584. The number of carboxylic acids is 1. The second-order valence-electron chi connectivity index (χ2n) is 5.30. The molecule has 0 bridgehead atoms. The molecule has 126 valence electrons. The van der Waals surface area contributed by atoms with E-state index < -0.39 is 18.4 Å². The van der Waals surface area contributed by atoms with Gasteiger partial charge in [-0.3, -0.25) is 9.59 Å². The summed E-state index contributed by atoms with van der Waals surface area (Å²) in [4.78, 5) is 26.5. The number of nitrogens with one attached hydrogen (secondary N) is 1. The quantitative estimate of drug-likeness (QED) is 0.624. The zero-order valence-electron chi connectivity index (χ0n) is 12.9. The Hall–Kier alpha value is -3.12. The van der Waals surface area contributed by atoms with Gasteiger partial charge in [0.05, 0.1) is 0 Å². The number of halogens is 1. The lowest BCUT2D eigenvalue weighted by Gasteiger charge is -2.10. The molecule has 1 aromatic heterocycles. The minimum atomic E-state index is -1.20. The van der Waals surface area contributed by atoms with Crippen molar-refractivity contribution in [1.29, 1.82) is 0 Å². The van der Waals surface area contributed by atoms with E-state index in [1.807, 2.05) is 36.4 Å². The number of benzene rings is 2. The number of aromatic hydroxyl groups is 1. The van der Waals surface area contributed by atoms with Gasteiger partial charge >= 0.3 is 5.97 Å². The molecule has 0 spiro atoms. The van der Waals surface area contributed by atoms with E-state index in [1.165, 1.54) is 0 Å². The summed E-state index contributed by atoms with van der Waals surface area (Å²) in [5.74, 6) is -2.36. The molecule has 0 saturated carbocycles. The van der Waals surface area contributed by atoms with Crippen molar-refractivity contribution in [1.82, 2.24) is 10.3 Å². The highest BCUT2D eigenvalue weighted by atomic mass is 35.5. The molecular weight excluding hydrogens is 344 g/mol. The van der Waals surface area contributed by atoms with E-state index in [4.69, 9.17) is 16.7 Å². The van der Waals surface area contributed by atoms with Gasteiger partial charge in [0.25, 0.3) is 5.91 Å². The number of aliphatic carboxylic acids is 1. The third-order valence-electron chi connectivity index (χ3n) is 3.65. The lowest BCUT2D eigenvalue weighted by Crippen LogP contribution is -2.30. The highest BCUT2D eigenvalue weighted by Crippen LogP contribution is 2.35. The Balaban J connectivity index is 2.10. The van der Waals surface area contributed by atoms with Crippen LogP contribution in [0.25, 0.3) is 21.9 Å². The molecule has 7 heteroatoms. The number of rotatable bonds is 4. The summed E-state index contributed by atoms with van der Waals surface area (Å²) in [7, 11) is 0. The third-order valence-corrected chi connectivity index (χ3v) is 3.94. The molecule has 25 heavy (non-hydrogen) atoms. The number of pyridine rings is 1. The first-order valence-electron chi connectivity index (χ1n) is 7.35. The highest BCUT2D eigenvalue weighted by Gasteiger charge is 2.19. The molecule has 1 heterocycles. The Morgan fingerprint density at radius 3 is 2.44 bits per heavy atom. The molecular formula is C18H13ClN2O4. The molecule has 0 aliphatic rings. The second-order valence-corrected chi connectivity index (χ2v) is 5.66. The summed E-state index contributed by atoms with van der Waals surface area (Å²) in [5, 5.41) is 22.2. The van der Waals surface area contributed by atoms with Gasteiger partial charge in [0.2, 0.25) is 0 Å². The van der Waals surface area contributed by atoms with Crippen LogP contribution in [0.3, 0.4) is 0 Å². The van der Waals surface area contributed by atoms with Gasteiger partial charge in [-0.05, 0) is 17.2 Å². The van der Waals surface area contributed by atoms with E-state index in [0.717, 1.165) is 11.1 Å². The lowest BCUT2D eigenvalue weighted by atomic mass is 10.0. The molecule has 0 fully saturated rings. The molecule has 3 rings (SSSR count). The van der Waals surface area contributed by atoms with Gasteiger partial charge < -0.3 is 15.5 Å². The van der Waals surface area contributed by atoms with Gasteiger partial charge in [-0.15, -0.1) is 0 Å². The van der Waals surface area contributed by atoms with Crippen LogP contribution >= 0.6 is 11.6 Å². The maximum atomic E-state index is 12.1. The van der Waals surface area contributed by atoms with Crippen molar-refractivity contribution in [3.8, 4) is 16.9 Å². The smallest absolute Gasteiger partial charge is 0.322 e. The molecule has 3 N–H and O–H groups in total. The van der Waals surface area contributed by atoms with E-state index in [-0.39, 0.29) is 16.6 Å². The van der Waals surface area contributed by atoms with Crippen molar-refractivity contribution in [2.75, 3.05) is 6.54 Å². The largest absolute Gasteiger partial charge is 0.505 e. The molecule has 0 atom stereocenters. The fourth-order valence-corrected chi connectivity index (χ4v) is 2.72. The Morgan fingerprint density at radius 1 is 1.04 bits per heavy atom. The topological polar surface area (TPSA) is 99.5 Å². The van der Waals surface area contributed by atoms with Gasteiger partial charge in [0.15, 0.2) is 11.4 Å². The van der Waals surface area contributed by atoms with Gasteiger partial charge in [-0.25, -0.2) is 4.98 Å². The number of fused-ring (bicyclic) bond motifs is 1. The molecule has 0 aliphatic heterocycles. The zero-order chi connectivity index (χ0) is 18.0. The van der Waals surface area contributed by atoms with Crippen molar-refractivity contribution in [3.05, 3.63) is 59.4 Å². The van der Waals surface area contributed by atoms with E-state index in [1.54, 1.807) is 12.1 Å². The number of nitrogens with zero attached hydrogens (tertiary/aromatic N) is 1. The standard InChI is InChI=1S/C18H13ClN2O4/c19-17-12-7-6-11(10-4-2-1-3-5-10)8-13(12)16(24)15(21-17)18(25)20-9-14(22)23/h1-8,24H,9H2,(H,20,25)(H,22,23). The van der Waals surface area contributed by atoms with Crippen LogP contribution in [0.5, 0.6) is 5.75 Å². The van der Waals surface area contributed by atoms with Crippen molar-refractivity contribution in [3.63, 3.8) is 0 Å². The first-order valence-corrected chi connectivity index (χ1v) is 7.73. The van der Waals surface area contributed by atoms with Crippen LogP contribution < -0.4 is 5.32 Å². The monoisotopic (exact) mass is 356 g/mol. The maximum absolute atomic E-state index is 12.1. The Labute approximate surface area is 147 Å². The predicted octanol–water partition coefficient (Wildman–Crippen LogP) is 3.08. The Morgan fingerprint density at radius 2 is 1.76 bits per heavy atom. The van der Waals surface area contributed by atoms with Crippen LogP contribution in [0.2, 0.25) is 5.15 Å². The number of aromatic nitrogens is 1. The molecule has 0 unspecified atom stereocenters. The van der Waals surface area contributed by atoms with Gasteiger partial charge in [0.1, 0.15) is 11.7 Å². The first kappa shape index (κ1) is 16.7. The molecule has 0 saturated heterocycles. The second kappa shape index (κ2) is 6.78. The summed E-state index contributed by atoms with van der Waals surface area (Å²) in [6.07, 6.45) is 0. The summed E-state index contributed by atoms with van der Waals surface area (Å²) in [6, 6.07) is 14.8. The minimum absolute atomic E-state index is 0.0490. The van der Waals surface area contributed by atoms with Gasteiger partial charge in [-0.1, -0.05) is 54.1 Å². The number of hydrogen-bond acceptors (Lipinski definition) is 4.